The zero-order valence-electron chi connectivity index (χ0n) is 14.2. The van der Waals surface area contributed by atoms with Gasteiger partial charge in [-0.3, -0.25) is 9.59 Å². The topological polar surface area (TPSA) is 70.4 Å². The highest BCUT2D eigenvalue weighted by Crippen LogP contribution is 2.18. The Labute approximate surface area is 141 Å². The Hall–Kier alpha value is -2.63. The minimum absolute atomic E-state index is 0.278. The first-order chi connectivity index (χ1) is 11.6. The average molecular weight is 330 g/mol. The van der Waals surface area contributed by atoms with Crippen molar-refractivity contribution >= 4 is 5.97 Å². The van der Waals surface area contributed by atoms with Crippen LogP contribution in [0.3, 0.4) is 0 Å². The molecule has 1 heterocycles. The van der Waals surface area contributed by atoms with Crippen molar-refractivity contribution in [2.45, 2.75) is 32.7 Å². The first-order valence-electron chi connectivity index (χ1n) is 7.96. The number of methoxy groups -OCH3 is 1. The van der Waals surface area contributed by atoms with Gasteiger partial charge in [-0.05, 0) is 37.1 Å². The van der Waals surface area contributed by atoms with E-state index < -0.39 is 5.92 Å². The van der Waals surface area contributed by atoms with E-state index in [4.69, 9.17) is 9.47 Å². The molecule has 0 spiro atoms. The Morgan fingerprint density at radius 2 is 2.08 bits per heavy atom. The number of ether oxygens (including phenoxy) is 2. The van der Waals surface area contributed by atoms with Gasteiger partial charge in [-0.25, -0.2) is 4.68 Å². The van der Waals surface area contributed by atoms with Crippen LogP contribution in [0.5, 0.6) is 5.75 Å². The van der Waals surface area contributed by atoms with Gasteiger partial charge in [0.2, 0.25) is 0 Å². The van der Waals surface area contributed by atoms with Crippen LogP contribution in [0.15, 0.2) is 41.3 Å². The van der Waals surface area contributed by atoms with E-state index in [1.54, 1.807) is 26.3 Å². The molecule has 0 amide bonds. The Morgan fingerprint density at radius 3 is 2.75 bits per heavy atom. The minimum atomic E-state index is -0.572. The number of carbonyl (C=O) groups is 1. The van der Waals surface area contributed by atoms with Crippen molar-refractivity contribution in [2.75, 3.05) is 13.7 Å². The largest absolute Gasteiger partial charge is 0.497 e. The fourth-order valence-corrected chi connectivity index (χ4v) is 2.54. The molecular weight excluding hydrogens is 308 g/mol. The second-order valence-electron chi connectivity index (χ2n) is 5.31. The maximum Gasteiger partial charge on any atom is 0.313 e. The van der Waals surface area contributed by atoms with E-state index in [-0.39, 0.29) is 11.5 Å². The van der Waals surface area contributed by atoms with Crippen molar-refractivity contribution in [2.24, 2.45) is 0 Å². The lowest BCUT2D eigenvalue weighted by Crippen LogP contribution is -2.30. The van der Waals surface area contributed by atoms with E-state index in [0.29, 0.717) is 25.1 Å². The minimum Gasteiger partial charge on any atom is -0.497 e. The van der Waals surface area contributed by atoms with Gasteiger partial charge in [0.25, 0.3) is 5.56 Å². The number of rotatable bonds is 7. The molecule has 6 nitrogen and oxygen atoms in total. The zero-order chi connectivity index (χ0) is 17.5. The highest BCUT2D eigenvalue weighted by atomic mass is 16.5. The number of nitrogens with zero attached hydrogens (tertiary/aromatic N) is 2. The molecule has 6 heteroatoms. The summed E-state index contributed by atoms with van der Waals surface area (Å²) < 4.78 is 11.6. The maximum atomic E-state index is 12.7. The molecule has 0 aliphatic heterocycles. The summed E-state index contributed by atoms with van der Waals surface area (Å²) in [5.74, 6) is -0.233. The van der Waals surface area contributed by atoms with E-state index in [9.17, 15) is 9.59 Å². The predicted molar refractivity (Wildman–Crippen MR) is 90.3 cm³/mol. The molecular formula is C18H22N2O4. The van der Waals surface area contributed by atoms with Crippen molar-refractivity contribution in [3.05, 3.63) is 58.0 Å². The normalized spacial score (nSPS) is 11.8. The molecule has 0 bridgehead atoms. The highest BCUT2D eigenvalue weighted by Gasteiger charge is 2.23. The van der Waals surface area contributed by atoms with Crippen LogP contribution in [0.4, 0.5) is 0 Å². The Bertz CT molecular complexity index is 755. The number of hydrogen-bond donors (Lipinski definition) is 0. The Kier molecular flexibility index (Phi) is 6.12. The van der Waals surface area contributed by atoms with Crippen LogP contribution in [0, 0.1) is 0 Å². The lowest BCUT2D eigenvalue weighted by atomic mass is 9.98. The fraction of sp³-hybridized carbons (Fsp3) is 0.389. The van der Waals surface area contributed by atoms with Gasteiger partial charge >= 0.3 is 5.97 Å². The quantitative estimate of drug-likeness (QED) is 0.729. The summed E-state index contributed by atoms with van der Waals surface area (Å²) in [6, 6.07) is 9.03. The summed E-state index contributed by atoms with van der Waals surface area (Å²) in [5.41, 5.74) is 1.03. The van der Waals surface area contributed by atoms with E-state index in [1.165, 1.54) is 4.68 Å². The first kappa shape index (κ1) is 17.7. The van der Waals surface area contributed by atoms with Gasteiger partial charge in [-0.2, -0.15) is 5.10 Å². The molecule has 1 atom stereocenters. The monoisotopic (exact) mass is 330 g/mol. The Balaban J connectivity index is 2.33. The molecule has 0 N–H and O–H groups in total. The summed E-state index contributed by atoms with van der Waals surface area (Å²) in [6.07, 6.45) is 2.04. The van der Waals surface area contributed by atoms with Crippen molar-refractivity contribution in [3.8, 4) is 5.75 Å². The number of hydrogen-bond acceptors (Lipinski definition) is 5. The van der Waals surface area contributed by atoms with Gasteiger partial charge in [0.1, 0.15) is 5.75 Å². The third kappa shape index (κ3) is 4.01. The summed E-state index contributed by atoms with van der Waals surface area (Å²) in [5, 5.41) is 4.12. The molecule has 1 aromatic carbocycles. The summed E-state index contributed by atoms with van der Waals surface area (Å²) in [4.78, 5) is 24.8. The molecule has 24 heavy (non-hydrogen) atoms. The third-order valence-corrected chi connectivity index (χ3v) is 3.76. The fourth-order valence-electron chi connectivity index (χ4n) is 2.54. The van der Waals surface area contributed by atoms with Crippen molar-refractivity contribution in [1.29, 1.82) is 0 Å². The van der Waals surface area contributed by atoms with Crippen LogP contribution >= 0.6 is 0 Å². The van der Waals surface area contributed by atoms with Crippen LogP contribution in [-0.4, -0.2) is 29.5 Å². The molecule has 2 aromatic rings. The van der Waals surface area contributed by atoms with E-state index >= 15 is 0 Å². The SMILES string of the molecule is CCOC(=O)C(CC)c1ccnn(Cc2cccc(OC)c2)c1=O. The van der Waals surface area contributed by atoms with Crippen LogP contribution in [0.25, 0.3) is 0 Å². The summed E-state index contributed by atoms with van der Waals surface area (Å²) in [7, 11) is 1.59. The van der Waals surface area contributed by atoms with E-state index in [1.807, 2.05) is 31.2 Å². The van der Waals surface area contributed by atoms with Gasteiger partial charge in [0.05, 0.1) is 26.2 Å². The summed E-state index contributed by atoms with van der Waals surface area (Å²) in [6.45, 7) is 4.20. The number of esters is 1. The maximum absolute atomic E-state index is 12.7. The standard InChI is InChI=1S/C18H22N2O4/c1-4-15(18(22)24-5-2)16-9-10-19-20(17(16)21)12-13-7-6-8-14(11-13)23-3/h6-11,15H,4-5,12H2,1-3H3. The van der Waals surface area contributed by atoms with Crippen molar-refractivity contribution < 1.29 is 14.3 Å². The van der Waals surface area contributed by atoms with Crippen LogP contribution in [0.2, 0.25) is 0 Å². The molecule has 1 unspecified atom stereocenters. The molecule has 0 radical (unpaired) electrons. The van der Waals surface area contributed by atoms with Crippen LogP contribution in [-0.2, 0) is 16.1 Å². The molecule has 0 aliphatic rings. The van der Waals surface area contributed by atoms with Gasteiger partial charge in [-0.15, -0.1) is 0 Å². The molecule has 2 rings (SSSR count). The number of carbonyl (C=O) groups excluding carboxylic acids is 1. The van der Waals surface area contributed by atoms with Crippen molar-refractivity contribution in [3.63, 3.8) is 0 Å². The van der Waals surface area contributed by atoms with Gasteiger partial charge in [-0.1, -0.05) is 19.1 Å². The zero-order valence-corrected chi connectivity index (χ0v) is 14.2. The number of aromatic nitrogens is 2. The molecule has 0 aliphatic carbocycles. The highest BCUT2D eigenvalue weighted by molar-refractivity contribution is 5.77. The van der Waals surface area contributed by atoms with Crippen molar-refractivity contribution in [1.82, 2.24) is 9.78 Å². The van der Waals surface area contributed by atoms with Gasteiger partial charge < -0.3 is 9.47 Å². The predicted octanol–water partition coefficient (Wildman–Crippen LogP) is 2.36. The van der Waals surface area contributed by atoms with E-state index in [0.717, 1.165) is 11.3 Å². The second kappa shape index (κ2) is 8.29. The average Bonchev–Trinajstić information content (AvgIpc) is 2.59. The molecule has 0 saturated carbocycles. The number of benzene rings is 1. The van der Waals surface area contributed by atoms with E-state index in [2.05, 4.69) is 5.10 Å². The lowest BCUT2D eigenvalue weighted by molar-refractivity contribution is -0.145. The first-order valence-corrected chi connectivity index (χ1v) is 7.96. The van der Waals surface area contributed by atoms with Crippen LogP contribution < -0.4 is 10.3 Å². The van der Waals surface area contributed by atoms with Crippen LogP contribution in [0.1, 0.15) is 37.3 Å². The molecule has 0 saturated heterocycles. The van der Waals surface area contributed by atoms with Gasteiger partial charge in [0.15, 0.2) is 0 Å². The molecule has 0 fully saturated rings. The smallest absolute Gasteiger partial charge is 0.313 e. The molecule has 1 aromatic heterocycles. The van der Waals surface area contributed by atoms with Gasteiger partial charge in [0, 0.05) is 11.8 Å². The third-order valence-electron chi connectivity index (χ3n) is 3.76. The summed E-state index contributed by atoms with van der Waals surface area (Å²) >= 11 is 0. The second-order valence-corrected chi connectivity index (χ2v) is 5.31. The Morgan fingerprint density at radius 1 is 1.29 bits per heavy atom. The molecule has 128 valence electrons. The lowest BCUT2D eigenvalue weighted by Gasteiger charge is -2.14.